The molecule has 2 aliphatic heterocycles. The quantitative estimate of drug-likeness (QED) is 0.635. The van der Waals surface area contributed by atoms with E-state index in [2.05, 4.69) is 66.1 Å². The lowest BCUT2D eigenvalue weighted by Gasteiger charge is -2.41. The molecule has 5 nitrogen and oxygen atoms in total. The van der Waals surface area contributed by atoms with Gasteiger partial charge in [-0.15, -0.1) is 0 Å². The molecule has 2 atom stereocenters. The molecule has 2 aromatic rings. The van der Waals surface area contributed by atoms with Crippen LogP contribution in [0.3, 0.4) is 0 Å². The molecule has 4 rings (SSSR count). The number of aromatic nitrogens is 1. The van der Waals surface area contributed by atoms with Gasteiger partial charge in [0, 0.05) is 42.7 Å². The van der Waals surface area contributed by atoms with Crippen molar-refractivity contribution < 1.29 is 5.11 Å². The summed E-state index contributed by atoms with van der Waals surface area (Å²) in [5.74, 6) is 0. The molecule has 164 valence electrons. The fourth-order valence-electron chi connectivity index (χ4n) is 4.64. The molecule has 0 spiro atoms. The van der Waals surface area contributed by atoms with Crippen molar-refractivity contribution in [1.29, 1.82) is 0 Å². The number of fused-ring (bicyclic) bond motifs is 1. The van der Waals surface area contributed by atoms with Crippen molar-refractivity contribution in [3.8, 4) is 0 Å². The van der Waals surface area contributed by atoms with Crippen LogP contribution in [-0.2, 0) is 0 Å². The van der Waals surface area contributed by atoms with E-state index in [1.165, 1.54) is 11.1 Å². The Balaban J connectivity index is 1.84. The summed E-state index contributed by atoms with van der Waals surface area (Å²) in [5.41, 5.74) is 5.40. The maximum absolute atomic E-state index is 9.44. The monoisotopic (exact) mass is 456 g/mol. The van der Waals surface area contributed by atoms with Gasteiger partial charge < -0.3 is 20.2 Å². The van der Waals surface area contributed by atoms with Crippen molar-refractivity contribution in [3.05, 3.63) is 64.4 Å². The number of pyridine rings is 1. The standard InChI is InChI=1S/C24H29ClN4OS/c1-15-14-24(2,3)28(4)20-13-18(25)17(12-16(15)20)22-21(19-8-5-6-9-26-19)27-23(31)29(22)10-7-11-30/h5-6,8-9,12-14,21-22,30H,7,10-11H2,1-4H3,(H,27,31)/t21-,22-/m0/s1. The Kier molecular flexibility index (Phi) is 5.99. The number of thiocarbonyl (C=S) groups is 1. The van der Waals surface area contributed by atoms with E-state index in [9.17, 15) is 5.11 Å². The molecule has 1 fully saturated rings. The molecule has 0 aliphatic carbocycles. The molecule has 2 aliphatic rings. The Morgan fingerprint density at radius 1 is 1.29 bits per heavy atom. The number of anilines is 1. The molecule has 1 aromatic carbocycles. The summed E-state index contributed by atoms with van der Waals surface area (Å²) in [4.78, 5) is 8.99. The van der Waals surface area contributed by atoms with E-state index < -0.39 is 0 Å². The van der Waals surface area contributed by atoms with Gasteiger partial charge in [-0.25, -0.2) is 0 Å². The van der Waals surface area contributed by atoms with Gasteiger partial charge in [0.05, 0.1) is 23.3 Å². The van der Waals surface area contributed by atoms with Crippen LogP contribution in [-0.4, -0.2) is 45.8 Å². The lowest BCUT2D eigenvalue weighted by atomic mass is 9.86. The number of halogens is 1. The van der Waals surface area contributed by atoms with Gasteiger partial charge in [-0.1, -0.05) is 23.7 Å². The Labute approximate surface area is 194 Å². The fourth-order valence-corrected chi connectivity index (χ4v) is 5.24. The first-order valence-corrected chi connectivity index (χ1v) is 11.4. The van der Waals surface area contributed by atoms with Crippen molar-refractivity contribution in [2.45, 2.75) is 44.8 Å². The topological polar surface area (TPSA) is 51.6 Å². The van der Waals surface area contributed by atoms with Gasteiger partial charge in [-0.2, -0.15) is 0 Å². The van der Waals surface area contributed by atoms with Gasteiger partial charge in [0.1, 0.15) is 0 Å². The minimum Gasteiger partial charge on any atom is -0.396 e. The van der Waals surface area contributed by atoms with Crippen LogP contribution in [0.1, 0.15) is 56.1 Å². The zero-order valence-corrected chi connectivity index (χ0v) is 20.0. The third kappa shape index (κ3) is 3.93. The molecule has 7 heteroatoms. The lowest BCUT2D eigenvalue weighted by Crippen LogP contribution is -2.42. The minimum absolute atomic E-state index is 0.0813. The van der Waals surface area contributed by atoms with Crippen molar-refractivity contribution in [2.75, 3.05) is 25.1 Å². The minimum atomic E-state index is -0.120. The molecular formula is C24H29ClN4OS. The fraction of sp³-hybridized carbons (Fsp3) is 0.417. The number of aliphatic hydroxyl groups is 1. The van der Waals surface area contributed by atoms with Crippen LogP contribution in [0.25, 0.3) is 5.57 Å². The van der Waals surface area contributed by atoms with Crippen LogP contribution in [0, 0.1) is 0 Å². The van der Waals surface area contributed by atoms with Gasteiger partial charge in [-0.3, -0.25) is 4.98 Å². The Morgan fingerprint density at radius 3 is 2.74 bits per heavy atom. The summed E-state index contributed by atoms with van der Waals surface area (Å²) in [5, 5.41) is 14.3. The van der Waals surface area contributed by atoms with Gasteiger partial charge in [-0.05, 0) is 74.8 Å². The van der Waals surface area contributed by atoms with Crippen LogP contribution in [0.15, 0.2) is 42.6 Å². The van der Waals surface area contributed by atoms with Crippen LogP contribution >= 0.6 is 23.8 Å². The van der Waals surface area contributed by atoms with E-state index in [1.807, 2.05) is 18.2 Å². The highest BCUT2D eigenvalue weighted by Crippen LogP contribution is 2.46. The molecule has 1 aromatic heterocycles. The number of rotatable bonds is 5. The van der Waals surface area contributed by atoms with E-state index >= 15 is 0 Å². The van der Waals surface area contributed by atoms with E-state index in [0.717, 1.165) is 16.9 Å². The number of benzene rings is 1. The molecule has 0 saturated carbocycles. The Hall–Kier alpha value is -2.15. The van der Waals surface area contributed by atoms with Gasteiger partial charge in [0.25, 0.3) is 0 Å². The number of nitrogens with one attached hydrogen (secondary N) is 1. The number of likely N-dealkylation sites (N-methyl/N-ethyl adjacent to an activating group) is 1. The van der Waals surface area contributed by atoms with Crippen LogP contribution < -0.4 is 10.2 Å². The Morgan fingerprint density at radius 2 is 2.06 bits per heavy atom. The maximum atomic E-state index is 9.44. The van der Waals surface area contributed by atoms with Crippen molar-refractivity contribution in [3.63, 3.8) is 0 Å². The average Bonchev–Trinajstić information content (AvgIpc) is 3.06. The Bertz CT molecular complexity index is 1020. The predicted octanol–water partition coefficient (Wildman–Crippen LogP) is 4.72. The lowest BCUT2D eigenvalue weighted by molar-refractivity contribution is 0.247. The molecule has 0 bridgehead atoms. The number of hydrogen-bond donors (Lipinski definition) is 2. The summed E-state index contributed by atoms with van der Waals surface area (Å²) < 4.78 is 0. The smallest absolute Gasteiger partial charge is 0.170 e. The first kappa shape index (κ1) is 22.1. The predicted molar refractivity (Wildman–Crippen MR) is 131 cm³/mol. The highest BCUT2D eigenvalue weighted by Gasteiger charge is 2.41. The SMILES string of the molecule is CC1=CC(C)(C)N(C)c2cc(Cl)c([C@H]3[C@H](c4ccccn4)NC(=S)N3CCCO)cc21. The van der Waals surface area contributed by atoms with Crippen molar-refractivity contribution >= 4 is 40.2 Å². The second-order valence-electron chi connectivity index (χ2n) is 8.83. The van der Waals surface area contributed by atoms with Crippen molar-refractivity contribution in [1.82, 2.24) is 15.2 Å². The van der Waals surface area contributed by atoms with E-state index in [4.69, 9.17) is 23.8 Å². The zero-order valence-electron chi connectivity index (χ0n) is 18.4. The highest BCUT2D eigenvalue weighted by atomic mass is 35.5. The molecule has 0 unspecified atom stereocenters. The molecule has 1 saturated heterocycles. The van der Waals surface area contributed by atoms with E-state index in [1.54, 1.807) is 6.20 Å². The second-order valence-corrected chi connectivity index (χ2v) is 9.62. The molecule has 0 radical (unpaired) electrons. The van der Waals surface area contributed by atoms with Crippen LogP contribution in [0.4, 0.5) is 5.69 Å². The van der Waals surface area contributed by atoms with Gasteiger partial charge >= 0.3 is 0 Å². The molecule has 31 heavy (non-hydrogen) atoms. The summed E-state index contributed by atoms with van der Waals surface area (Å²) in [7, 11) is 2.11. The summed E-state index contributed by atoms with van der Waals surface area (Å²) in [6.07, 6.45) is 4.72. The number of nitrogens with zero attached hydrogens (tertiary/aromatic N) is 3. The largest absolute Gasteiger partial charge is 0.396 e. The molecule has 0 amide bonds. The number of aliphatic hydroxyl groups excluding tert-OH is 1. The zero-order chi connectivity index (χ0) is 22.3. The third-order valence-corrected chi connectivity index (χ3v) is 7.09. The van der Waals surface area contributed by atoms with E-state index in [0.29, 0.717) is 23.1 Å². The highest BCUT2D eigenvalue weighted by molar-refractivity contribution is 7.80. The molecule has 3 heterocycles. The number of hydrogen-bond acceptors (Lipinski definition) is 4. The summed E-state index contributed by atoms with van der Waals surface area (Å²) >= 11 is 12.6. The van der Waals surface area contributed by atoms with Crippen molar-refractivity contribution in [2.24, 2.45) is 0 Å². The number of allylic oxidation sites excluding steroid dienone is 1. The van der Waals surface area contributed by atoms with Gasteiger partial charge in [0.15, 0.2) is 5.11 Å². The average molecular weight is 457 g/mol. The molecule has 2 N–H and O–H groups in total. The van der Waals surface area contributed by atoms with Crippen LogP contribution in [0.2, 0.25) is 5.02 Å². The summed E-state index contributed by atoms with van der Waals surface area (Å²) in [6, 6.07) is 9.95. The summed E-state index contributed by atoms with van der Waals surface area (Å²) in [6.45, 7) is 7.32. The van der Waals surface area contributed by atoms with Crippen LogP contribution in [0.5, 0.6) is 0 Å². The van der Waals surface area contributed by atoms with E-state index in [-0.39, 0.29) is 24.2 Å². The maximum Gasteiger partial charge on any atom is 0.170 e. The first-order chi connectivity index (χ1) is 14.7. The van der Waals surface area contributed by atoms with Gasteiger partial charge in [0.2, 0.25) is 0 Å². The normalized spacial score (nSPS) is 22.3. The third-order valence-electron chi connectivity index (χ3n) is 6.41. The first-order valence-electron chi connectivity index (χ1n) is 10.6. The second kappa shape index (κ2) is 8.41. The molecular weight excluding hydrogens is 428 g/mol.